The Hall–Kier alpha value is -1.02. The molecule has 1 saturated carbocycles. The van der Waals surface area contributed by atoms with Crippen LogP contribution in [0.3, 0.4) is 0 Å². The first-order valence-electron chi connectivity index (χ1n) is 7.56. The van der Waals surface area contributed by atoms with E-state index < -0.39 is 0 Å². The summed E-state index contributed by atoms with van der Waals surface area (Å²) in [5, 5.41) is 3.48. The quantitative estimate of drug-likeness (QED) is 0.856. The molecule has 1 N–H and O–H groups in total. The van der Waals surface area contributed by atoms with E-state index in [9.17, 15) is 0 Å². The highest BCUT2D eigenvalue weighted by Crippen LogP contribution is 2.35. The van der Waals surface area contributed by atoms with Crippen molar-refractivity contribution in [3.63, 3.8) is 0 Å². The second-order valence-electron chi connectivity index (χ2n) is 5.83. The van der Waals surface area contributed by atoms with Crippen LogP contribution in [0.2, 0.25) is 0 Å². The van der Waals surface area contributed by atoms with Crippen molar-refractivity contribution in [2.75, 3.05) is 14.2 Å². The second kappa shape index (κ2) is 6.95. The van der Waals surface area contributed by atoms with E-state index in [1.807, 2.05) is 0 Å². The first kappa shape index (κ1) is 14.4. The Labute approximate surface area is 117 Å². The summed E-state index contributed by atoms with van der Waals surface area (Å²) in [7, 11) is 3.83. The van der Waals surface area contributed by atoms with Gasteiger partial charge in [-0.2, -0.15) is 0 Å². The minimum absolute atomic E-state index is 0.415. The topological polar surface area (TPSA) is 21.3 Å². The van der Waals surface area contributed by atoms with Gasteiger partial charge in [-0.25, -0.2) is 0 Å². The highest BCUT2D eigenvalue weighted by atomic mass is 16.5. The summed E-state index contributed by atoms with van der Waals surface area (Å²) in [5.41, 5.74) is 2.56. The van der Waals surface area contributed by atoms with Crippen molar-refractivity contribution in [3.8, 4) is 5.75 Å². The molecule has 0 radical (unpaired) electrons. The highest BCUT2D eigenvalue weighted by molar-refractivity contribution is 5.39. The zero-order chi connectivity index (χ0) is 13.7. The second-order valence-corrected chi connectivity index (χ2v) is 5.83. The van der Waals surface area contributed by atoms with Gasteiger partial charge in [0.15, 0.2) is 0 Å². The van der Waals surface area contributed by atoms with Gasteiger partial charge in [-0.05, 0) is 37.9 Å². The molecule has 0 bridgehead atoms. The van der Waals surface area contributed by atoms with Gasteiger partial charge < -0.3 is 10.1 Å². The predicted molar refractivity (Wildman–Crippen MR) is 80.7 cm³/mol. The summed E-state index contributed by atoms with van der Waals surface area (Å²) in [6, 6.07) is 6.96. The molecule has 2 rings (SSSR count). The fourth-order valence-corrected chi connectivity index (χ4v) is 3.26. The lowest BCUT2D eigenvalue weighted by molar-refractivity contribution is 0.301. The minimum Gasteiger partial charge on any atom is -0.496 e. The van der Waals surface area contributed by atoms with Crippen LogP contribution in [0.15, 0.2) is 18.2 Å². The molecule has 0 aliphatic heterocycles. The first-order valence-corrected chi connectivity index (χ1v) is 7.56. The maximum absolute atomic E-state index is 5.56. The van der Waals surface area contributed by atoms with Gasteiger partial charge in [0, 0.05) is 11.6 Å². The third kappa shape index (κ3) is 3.73. The normalized spacial score (nSPS) is 18.3. The van der Waals surface area contributed by atoms with Crippen LogP contribution in [-0.4, -0.2) is 14.2 Å². The molecule has 1 aromatic carbocycles. The molecule has 1 aromatic rings. The van der Waals surface area contributed by atoms with Crippen LogP contribution in [0.4, 0.5) is 0 Å². The lowest BCUT2D eigenvalue weighted by Gasteiger charge is -2.27. The number of nitrogens with one attached hydrogen (secondary N) is 1. The maximum Gasteiger partial charge on any atom is 0.123 e. The zero-order valence-corrected chi connectivity index (χ0v) is 12.5. The molecule has 2 heteroatoms. The number of hydrogen-bond acceptors (Lipinski definition) is 2. The molecule has 1 aliphatic rings. The lowest BCUT2D eigenvalue weighted by atomic mass is 9.83. The Morgan fingerprint density at radius 1 is 1.26 bits per heavy atom. The first-order chi connectivity index (χ1) is 9.24. The fourth-order valence-electron chi connectivity index (χ4n) is 3.26. The van der Waals surface area contributed by atoms with Crippen molar-refractivity contribution >= 4 is 0 Å². The SMILES string of the molecule is CNC(CC1CCCCC1)c1ccc(C)cc1OC. The van der Waals surface area contributed by atoms with Crippen LogP contribution in [0, 0.1) is 12.8 Å². The molecule has 0 amide bonds. The van der Waals surface area contributed by atoms with E-state index in [-0.39, 0.29) is 0 Å². The van der Waals surface area contributed by atoms with E-state index in [0.29, 0.717) is 6.04 Å². The largest absolute Gasteiger partial charge is 0.496 e. The van der Waals surface area contributed by atoms with E-state index in [1.54, 1.807) is 7.11 Å². The van der Waals surface area contributed by atoms with Gasteiger partial charge in [0.2, 0.25) is 0 Å². The van der Waals surface area contributed by atoms with E-state index in [0.717, 1.165) is 11.7 Å². The average Bonchev–Trinajstić information content (AvgIpc) is 2.46. The van der Waals surface area contributed by atoms with Crippen molar-refractivity contribution in [2.45, 2.75) is 51.5 Å². The van der Waals surface area contributed by atoms with Gasteiger partial charge in [0.05, 0.1) is 7.11 Å². The zero-order valence-electron chi connectivity index (χ0n) is 12.5. The van der Waals surface area contributed by atoms with Crippen LogP contribution < -0.4 is 10.1 Å². The molecule has 0 heterocycles. The third-order valence-corrected chi connectivity index (χ3v) is 4.41. The van der Waals surface area contributed by atoms with E-state index >= 15 is 0 Å². The van der Waals surface area contributed by atoms with E-state index in [1.165, 1.54) is 49.7 Å². The molecule has 106 valence electrons. The molecule has 0 aromatic heterocycles. The smallest absolute Gasteiger partial charge is 0.123 e. The van der Waals surface area contributed by atoms with Gasteiger partial charge in [0.25, 0.3) is 0 Å². The Balaban J connectivity index is 2.11. The Morgan fingerprint density at radius 2 is 2.00 bits per heavy atom. The van der Waals surface area contributed by atoms with E-state index in [4.69, 9.17) is 4.74 Å². The van der Waals surface area contributed by atoms with Gasteiger partial charge in [-0.15, -0.1) is 0 Å². The minimum atomic E-state index is 0.415. The molecule has 1 aliphatic carbocycles. The molecule has 1 unspecified atom stereocenters. The molecule has 19 heavy (non-hydrogen) atoms. The molecular weight excluding hydrogens is 234 g/mol. The number of benzene rings is 1. The Bertz CT molecular complexity index is 396. The predicted octanol–water partition coefficient (Wildman–Crippen LogP) is 4.23. The van der Waals surface area contributed by atoms with Crippen LogP contribution >= 0.6 is 0 Å². The summed E-state index contributed by atoms with van der Waals surface area (Å²) in [6.07, 6.45) is 8.27. The number of rotatable bonds is 5. The summed E-state index contributed by atoms with van der Waals surface area (Å²) >= 11 is 0. The van der Waals surface area contributed by atoms with Crippen molar-refractivity contribution in [2.24, 2.45) is 5.92 Å². The van der Waals surface area contributed by atoms with Crippen LogP contribution in [-0.2, 0) is 0 Å². The maximum atomic E-state index is 5.56. The van der Waals surface area contributed by atoms with Crippen LogP contribution in [0.5, 0.6) is 5.75 Å². The fraction of sp³-hybridized carbons (Fsp3) is 0.647. The Morgan fingerprint density at radius 3 is 2.63 bits per heavy atom. The summed E-state index contributed by atoms with van der Waals surface area (Å²) in [6.45, 7) is 2.11. The lowest BCUT2D eigenvalue weighted by Crippen LogP contribution is -2.21. The van der Waals surface area contributed by atoms with E-state index in [2.05, 4.69) is 37.5 Å². The summed E-state index contributed by atoms with van der Waals surface area (Å²) in [5.74, 6) is 1.90. The number of hydrogen-bond donors (Lipinski definition) is 1. The van der Waals surface area contributed by atoms with Gasteiger partial charge in [-0.1, -0.05) is 44.2 Å². The van der Waals surface area contributed by atoms with Crippen molar-refractivity contribution in [1.29, 1.82) is 0 Å². The van der Waals surface area contributed by atoms with Crippen molar-refractivity contribution < 1.29 is 4.74 Å². The Kier molecular flexibility index (Phi) is 5.26. The average molecular weight is 261 g/mol. The molecule has 2 nitrogen and oxygen atoms in total. The number of aryl methyl sites for hydroxylation is 1. The standard InChI is InChI=1S/C17H27NO/c1-13-9-10-15(17(11-13)19-3)16(18-2)12-14-7-5-4-6-8-14/h9-11,14,16,18H,4-8,12H2,1-3H3. The molecule has 0 spiro atoms. The summed E-state index contributed by atoms with van der Waals surface area (Å²) in [4.78, 5) is 0. The molecule has 0 saturated heterocycles. The van der Waals surface area contributed by atoms with Gasteiger partial charge in [0.1, 0.15) is 5.75 Å². The summed E-state index contributed by atoms with van der Waals surface area (Å²) < 4.78 is 5.56. The number of ether oxygens (including phenoxy) is 1. The number of methoxy groups -OCH3 is 1. The molecule has 1 fully saturated rings. The van der Waals surface area contributed by atoms with Crippen LogP contribution in [0.25, 0.3) is 0 Å². The van der Waals surface area contributed by atoms with Crippen molar-refractivity contribution in [1.82, 2.24) is 5.32 Å². The molecular formula is C17H27NO. The highest BCUT2D eigenvalue weighted by Gasteiger charge is 2.21. The van der Waals surface area contributed by atoms with Gasteiger partial charge >= 0.3 is 0 Å². The van der Waals surface area contributed by atoms with Crippen LogP contribution in [0.1, 0.15) is 55.7 Å². The van der Waals surface area contributed by atoms with Crippen molar-refractivity contribution in [3.05, 3.63) is 29.3 Å². The van der Waals surface area contributed by atoms with Gasteiger partial charge in [-0.3, -0.25) is 0 Å². The monoisotopic (exact) mass is 261 g/mol. The molecule has 1 atom stereocenters. The third-order valence-electron chi connectivity index (χ3n) is 4.41.